The summed E-state index contributed by atoms with van der Waals surface area (Å²) >= 11 is 1.19. The molecule has 634 valence electrons. The highest BCUT2D eigenvalue weighted by atomic mass is 32.2. The Labute approximate surface area is 701 Å². The van der Waals surface area contributed by atoms with Gasteiger partial charge in [-0.2, -0.15) is 11.8 Å². The Morgan fingerprint density at radius 3 is 1.41 bits per heavy atom. The summed E-state index contributed by atoms with van der Waals surface area (Å²) in [4.78, 5) is 178. The van der Waals surface area contributed by atoms with Crippen molar-refractivity contribution in [2.45, 2.75) is 198 Å². The zero-order chi connectivity index (χ0) is 86.5. The van der Waals surface area contributed by atoms with E-state index in [9.17, 15) is 24.0 Å². The van der Waals surface area contributed by atoms with Crippen LogP contribution in [0.25, 0.3) is 0 Å². The molecule has 26 nitrogen and oxygen atoms in total. The predicted octanol–water partition coefficient (Wildman–Crippen LogP) is 9.48. The number of nitrogens with two attached hydrogens (primary N) is 1. The van der Waals surface area contributed by atoms with Crippen molar-refractivity contribution < 1.29 is 71.7 Å². The molecule has 8 rings (SSSR count). The van der Waals surface area contributed by atoms with Gasteiger partial charge in [-0.15, -0.1) is 0 Å². The number of alkyl carbamates (subject to hydrolysis) is 1. The van der Waals surface area contributed by atoms with E-state index in [0.717, 1.165) is 0 Å². The monoisotopic (exact) mass is 1650 g/mol. The molecular weight excluding hydrogens is 1530 g/mol. The molecule has 0 saturated carbocycles. The highest BCUT2D eigenvalue weighted by Gasteiger charge is 2.45. The van der Waals surface area contributed by atoms with Crippen molar-refractivity contribution in [2.24, 2.45) is 17.6 Å². The number of primary amides is 1. The number of rotatable bonds is 41. The van der Waals surface area contributed by atoms with Crippen molar-refractivity contribution in [3.05, 3.63) is 245 Å². The Morgan fingerprint density at radius 1 is 0.504 bits per heavy atom. The van der Waals surface area contributed by atoms with Crippen LogP contribution < -0.4 is 58.3 Å². The van der Waals surface area contributed by atoms with Gasteiger partial charge in [0.15, 0.2) is 0 Å². The van der Waals surface area contributed by atoms with Crippen LogP contribution >= 0.6 is 11.8 Å². The highest BCUT2D eigenvalue weighted by molar-refractivity contribution is 7.99. The van der Waals surface area contributed by atoms with Gasteiger partial charge in [0.1, 0.15) is 70.3 Å². The number of benzene rings is 7. The Balaban J connectivity index is 1.24. The molecule has 1 aliphatic heterocycles. The molecule has 4 unspecified atom stereocenters. The largest absolute Gasteiger partial charge is 0.497 e. The number of esters is 1. The molecule has 0 bridgehead atoms. The van der Waals surface area contributed by atoms with Crippen molar-refractivity contribution in [2.75, 3.05) is 31.7 Å². The smallest absolute Gasteiger partial charge is 0.408 e. The number of hydrogen-bond donors (Lipinski definition) is 10. The number of methoxy groups -OCH3 is 1. The molecule has 1 aliphatic rings. The van der Waals surface area contributed by atoms with Gasteiger partial charge in [-0.3, -0.25) is 52.7 Å². The minimum Gasteiger partial charge on any atom is -0.497 e. The van der Waals surface area contributed by atoms with E-state index < -0.39 is 167 Å². The summed E-state index contributed by atoms with van der Waals surface area (Å²) in [7, 11) is 1.50. The summed E-state index contributed by atoms with van der Waals surface area (Å²) in [5.74, 6) is -8.95. The lowest BCUT2D eigenvalue weighted by Gasteiger charge is -2.37. The van der Waals surface area contributed by atoms with E-state index in [2.05, 4.69) is 47.9 Å². The molecule has 7 aromatic carbocycles. The lowest BCUT2D eigenvalue weighted by molar-refractivity contribution is -0.155. The maximum atomic E-state index is 16.2. The van der Waals surface area contributed by atoms with E-state index in [4.69, 9.17) is 19.9 Å². The van der Waals surface area contributed by atoms with E-state index in [1.165, 1.54) is 23.8 Å². The van der Waals surface area contributed by atoms with Crippen LogP contribution in [0, 0.1) is 11.8 Å². The summed E-state index contributed by atoms with van der Waals surface area (Å²) in [5, 5.41) is 25.9. The van der Waals surface area contributed by atoms with Crippen molar-refractivity contribution in [3.63, 3.8) is 0 Å². The fraction of sp³-hybridized carbons (Fsp3) is 0.413. The number of carbonyl (C=O) groups is 12. The standard InChI is InChI=1S/C92H115N11O15S/c1-12-61(4)80(100-84(111)72(99-88(115)118-90(8,9)10)56-62-47-49-69(116-11)50-48-62)86(113)95-70(51-52-77(105)101-91(63-33-19-13-20-34-63,64-35-21-14-22-36-64)65-37-23-15-24-38-65)82(109)96-73(57-78(106)102-92(66-39-25-16-26-40-66,67-41-27-17-28-42-67)68-43-29-18-30-44-68)83(110)98-74(59-119-54-32-46-79(107)117-89(5,6)7)87(114)103-53-31-45-75(103)85(112)97-71(55-60(2)3)81(108)94-58-76(93)104/h13-30,33-44,47-50,60-61,70-75,80H,12,31-32,45-46,51-59H2,1-11H3,(H2,93,104)(H,94,108)(H,95,113)(H,96,109)(H,97,112)(H,98,110)(H,99,115)(H,100,111)(H,101,105)(H,102,106)/t61-,70?,71-,72?,73?,74-,75-,80?/m0/s1. The zero-order valence-electron chi connectivity index (χ0n) is 69.8. The van der Waals surface area contributed by atoms with Gasteiger partial charge in [-0.1, -0.05) is 228 Å². The van der Waals surface area contributed by atoms with Crippen LogP contribution in [0.1, 0.15) is 166 Å². The van der Waals surface area contributed by atoms with E-state index in [1.807, 2.05) is 196 Å². The molecule has 0 aromatic heterocycles. The number of nitrogens with one attached hydrogen (secondary N) is 9. The first-order valence-electron chi connectivity index (χ1n) is 40.5. The second-order valence-electron chi connectivity index (χ2n) is 32.2. The first-order chi connectivity index (χ1) is 56.7. The Bertz CT molecular complexity index is 4340. The molecule has 11 amide bonds. The van der Waals surface area contributed by atoms with Gasteiger partial charge in [-0.05, 0) is 142 Å². The molecule has 0 spiro atoms. The lowest BCUT2D eigenvalue weighted by atomic mass is 9.77. The second kappa shape index (κ2) is 44.1. The number of thioether (sulfide) groups is 1. The molecule has 27 heteroatoms. The third kappa shape index (κ3) is 27.1. The minimum absolute atomic E-state index is 0.00201. The van der Waals surface area contributed by atoms with E-state index in [0.29, 0.717) is 51.1 Å². The molecule has 1 fully saturated rings. The minimum atomic E-state index is -1.96. The van der Waals surface area contributed by atoms with E-state index in [1.54, 1.807) is 79.7 Å². The van der Waals surface area contributed by atoms with Gasteiger partial charge < -0.3 is 72.7 Å². The van der Waals surface area contributed by atoms with Crippen LogP contribution in [0.2, 0.25) is 0 Å². The van der Waals surface area contributed by atoms with Crippen LogP contribution in [0.15, 0.2) is 206 Å². The topological polar surface area (TPSA) is 370 Å². The number of carbonyl (C=O) groups excluding carboxylic acids is 12. The van der Waals surface area contributed by atoms with Gasteiger partial charge in [0.2, 0.25) is 59.1 Å². The number of amides is 11. The maximum absolute atomic E-state index is 16.2. The van der Waals surface area contributed by atoms with E-state index in [-0.39, 0.29) is 62.5 Å². The first kappa shape index (κ1) is 92.6. The number of nitrogens with zero attached hydrogens (tertiary/aromatic N) is 1. The molecule has 7 aromatic rings. The van der Waals surface area contributed by atoms with Crippen LogP contribution in [0.4, 0.5) is 4.79 Å². The summed E-state index contributed by atoms with van der Waals surface area (Å²) in [5.41, 5.74) is 5.18. The van der Waals surface area contributed by atoms with Gasteiger partial charge in [0, 0.05) is 31.6 Å². The normalized spacial score (nSPS) is 14.7. The van der Waals surface area contributed by atoms with Crippen molar-refractivity contribution >= 4 is 82.9 Å². The Kier molecular flexibility index (Phi) is 34.3. The predicted molar refractivity (Wildman–Crippen MR) is 456 cm³/mol. The number of hydrogen-bond acceptors (Lipinski definition) is 16. The molecule has 0 radical (unpaired) electrons. The molecule has 8 atom stereocenters. The van der Waals surface area contributed by atoms with Gasteiger partial charge in [0.05, 0.1) is 20.1 Å². The summed E-state index contributed by atoms with van der Waals surface area (Å²) in [6, 6.07) is 51.6. The molecule has 1 heterocycles. The van der Waals surface area contributed by atoms with Crippen molar-refractivity contribution in [1.29, 1.82) is 0 Å². The van der Waals surface area contributed by atoms with E-state index >= 15 is 33.6 Å². The van der Waals surface area contributed by atoms with Gasteiger partial charge in [0.25, 0.3) is 0 Å². The third-order valence-corrected chi connectivity index (χ3v) is 21.4. The fourth-order valence-corrected chi connectivity index (χ4v) is 15.3. The molecular formula is C92H115N11O15S. The van der Waals surface area contributed by atoms with Crippen LogP contribution in [-0.2, 0) is 79.7 Å². The summed E-state index contributed by atoms with van der Waals surface area (Å²) < 4.78 is 16.6. The van der Waals surface area contributed by atoms with Crippen molar-refractivity contribution in [3.8, 4) is 5.75 Å². The quantitative estimate of drug-likeness (QED) is 0.00968. The highest BCUT2D eigenvalue weighted by Crippen LogP contribution is 2.39. The van der Waals surface area contributed by atoms with Gasteiger partial charge >= 0.3 is 12.1 Å². The Hall–Kier alpha value is -11.9. The first-order valence-corrected chi connectivity index (χ1v) is 41.6. The summed E-state index contributed by atoms with van der Waals surface area (Å²) in [6.07, 6.45) is -1.73. The average molecular weight is 1650 g/mol. The third-order valence-electron chi connectivity index (χ3n) is 20.2. The van der Waals surface area contributed by atoms with Gasteiger partial charge in [-0.25, -0.2) is 4.79 Å². The van der Waals surface area contributed by atoms with Crippen LogP contribution in [0.5, 0.6) is 5.75 Å². The SMILES string of the molecule is CC[C@H](C)C(NC(=O)C(Cc1ccc(OC)cc1)NC(=O)OC(C)(C)C)C(=O)NC(CCC(=O)NC(c1ccccc1)(c1ccccc1)c1ccccc1)C(=O)NC(CC(=O)NC(c1ccccc1)(c1ccccc1)c1ccccc1)C(=O)N[C@@H](CSCCCC(=O)OC(C)(C)C)C(=O)N1CCC[C@H]1C(=O)N[C@@H](CC(C)C)C(=O)NCC(N)=O. The van der Waals surface area contributed by atoms with Crippen LogP contribution in [-0.4, -0.2) is 161 Å². The molecule has 11 N–H and O–H groups in total. The fourth-order valence-electron chi connectivity index (χ4n) is 14.3. The number of likely N-dealkylation sites (tertiary alicyclic amines) is 1. The number of ether oxygens (including phenoxy) is 3. The second-order valence-corrected chi connectivity index (χ2v) is 33.3. The lowest BCUT2D eigenvalue weighted by Crippen LogP contribution is -2.62. The van der Waals surface area contributed by atoms with Crippen LogP contribution in [0.3, 0.4) is 0 Å². The average Bonchev–Trinajstić information content (AvgIpc) is 1.15. The molecule has 0 aliphatic carbocycles. The molecule has 119 heavy (non-hydrogen) atoms. The van der Waals surface area contributed by atoms with Crippen molar-refractivity contribution in [1.82, 2.24) is 52.8 Å². The maximum Gasteiger partial charge on any atom is 0.408 e. The Morgan fingerprint density at radius 2 is 0.958 bits per heavy atom. The summed E-state index contributed by atoms with van der Waals surface area (Å²) in [6.45, 7) is 16.9. The molecule has 1 saturated heterocycles. The zero-order valence-corrected chi connectivity index (χ0v) is 70.6.